The highest BCUT2D eigenvalue weighted by Gasteiger charge is 2.11. The monoisotopic (exact) mass is 369 g/mol. The van der Waals surface area contributed by atoms with Gasteiger partial charge in [-0.3, -0.25) is 4.90 Å². The van der Waals surface area contributed by atoms with Gasteiger partial charge in [-0.1, -0.05) is 24.3 Å². The van der Waals surface area contributed by atoms with Crippen molar-refractivity contribution in [3.63, 3.8) is 0 Å². The van der Waals surface area contributed by atoms with Gasteiger partial charge in [0.2, 0.25) is 0 Å². The molecule has 0 atom stereocenters. The van der Waals surface area contributed by atoms with Crippen molar-refractivity contribution in [2.24, 2.45) is 12.0 Å². The summed E-state index contributed by atoms with van der Waals surface area (Å²) in [6.45, 7) is 9.60. The van der Waals surface area contributed by atoms with Crippen LogP contribution in [0.1, 0.15) is 42.5 Å². The maximum Gasteiger partial charge on any atom is 0.191 e. The fourth-order valence-electron chi connectivity index (χ4n) is 3.23. The number of likely N-dealkylation sites (tertiary alicyclic amines) is 1. The molecule has 2 aromatic rings. The largest absolute Gasteiger partial charge is 0.357 e. The molecule has 7 nitrogen and oxygen atoms in total. The normalized spacial score (nSPS) is 15.3. The smallest absolute Gasteiger partial charge is 0.191 e. The van der Waals surface area contributed by atoms with Gasteiger partial charge in [-0.05, 0) is 50.9 Å². The van der Waals surface area contributed by atoms with E-state index < -0.39 is 0 Å². The van der Waals surface area contributed by atoms with E-state index in [2.05, 4.69) is 56.9 Å². The molecule has 1 aliphatic rings. The van der Waals surface area contributed by atoms with Gasteiger partial charge in [0.15, 0.2) is 11.8 Å². The lowest BCUT2D eigenvalue weighted by Gasteiger charge is -2.14. The molecule has 1 aromatic carbocycles. The number of hydrogen-bond acceptors (Lipinski definition) is 4. The number of aliphatic imine (C=N–C) groups is 1. The van der Waals surface area contributed by atoms with Gasteiger partial charge in [0.05, 0.1) is 13.1 Å². The summed E-state index contributed by atoms with van der Waals surface area (Å²) in [5.41, 5.74) is 2.60. The predicted molar refractivity (Wildman–Crippen MR) is 108 cm³/mol. The molecule has 0 bridgehead atoms. The van der Waals surface area contributed by atoms with Gasteiger partial charge in [0.25, 0.3) is 0 Å². The Bertz CT molecular complexity index is 742. The molecule has 0 spiro atoms. The molecule has 1 aromatic heterocycles. The minimum atomic E-state index is 0.595. The highest BCUT2D eigenvalue weighted by molar-refractivity contribution is 5.79. The van der Waals surface area contributed by atoms with Crippen molar-refractivity contribution >= 4 is 5.96 Å². The third-order valence-electron chi connectivity index (χ3n) is 4.99. The maximum absolute atomic E-state index is 4.69. The van der Waals surface area contributed by atoms with Crippen LogP contribution in [-0.2, 0) is 26.7 Å². The summed E-state index contributed by atoms with van der Waals surface area (Å²) in [6, 6.07) is 8.83. The van der Waals surface area contributed by atoms with Gasteiger partial charge in [0, 0.05) is 20.1 Å². The van der Waals surface area contributed by atoms with Crippen LogP contribution in [0.3, 0.4) is 0 Å². The van der Waals surface area contributed by atoms with Crippen molar-refractivity contribution in [3.05, 3.63) is 47.0 Å². The summed E-state index contributed by atoms with van der Waals surface area (Å²) in [4.78, 5) is 7.22. The number of hydrogen-bond donors (Lipinski definition) is 2. The standard InChI is InChI=1S/C20H31N7/c1-4-21-20(23-14-19-25-24-16(2)26(19)3)22-13-17-7-9-18(10-8-17)15-27-11-5-6-12-27/h7-10H,4-6,11-15H2,1-3H3,(H2,21,22,23). The fraction of sp³-hybridized carbons (Fsp3) is 0.550. The average molecular weight is 370 g/mol. The molecule has 0 saturated carbocycles. The third-order valence-corrected chi connectivity index (χ3v) is 4.99. The number of aryl methyl sites for hydroxylation is 1. The molecule has 146 valence electrons. The third kappa shape index (κ3) is 5.53. The van der Waals surface area contributed by atoms with Crippen LogP contribution in [-0.4, -0.2) is 45.3 Å². The van der Waals surface area contributed by atoms with E-state index in [9.17, 15) is 0 Å². The molecule has 2 N–H and O–H groups in total. The number of nitrogens with one attached hydrogen (secondary N) is 2. The van der Waals surface area contributed by atoms with Crippen molar-refractivity contribution < 1.29 is 0 Å². The Kier molecular flexibility index (Phi) is 6.81. The van der Waals surface area contributed by atoms with Gasteiger partial charge >= 0.3 is 0 Å². The van der Waals surface area contributed by atoms with E-state index in [1.54, 1.807) is 0 Å². The number of aromatic nitrogens is 3. The van der Waals surface area contributed by atoms with Crippen LogP contribution in [0.25, 0.3) is 0 Å². The zero-order valence-corrected chi connectivity index (χ0v) is 16.7. The molecular formula is C20H31N7. The van der Waals surface area contributed by atoms with E-state index in [0.29, 0.717) is 13.1 Å². The second-order valence-electron chi connectivity index (χ2n) is 7.07. The van der Waals surface area contributed by atoms with Gasteiger partial charge < -0.3 is 15.2 Å². The first-order chi connectivity index (χ1) is 13.2. The SMILES string of the molecule is CCNC(=NCc1ccc(CN2CCCC2)cc1)NCc1nnc(C)n1C. The first-order valence-electron chi connectivity index (χ1n) is 9.83. The predicted octanol–water partition coefficient (Wildman–Crippen LogP) is 1.97. The van der Waals surface area contributed by atoms with E-state index in [-0.39, 0.29) is 0 Å². The molecule has 0 radical (unpaired) electrons. The van der Waals surface area contributed by atoms with E-state index in [0.717, 1.165) is 30.7 Å². The van der Waals surface area contributed by atoms with E-state index >= 15 is 0 Å². The summed E-state index contributed by atoms with van der Waals surface area (Å²) in [5, 5.41) is 14.9. The van der Waals surface area contributed by atoms with Crippen molar-refractivity contribution in [1.29, 1.82) is 0 Å². The lowest BCUT2D eigenvalue weighted by atomic mass is 10.1. The van der Waals surface area contributed by atoms with Crippen LogP contribution < -0.4 is 10.6 Å². The van der Waals surface area contributed by atoms with E-state index in [1.165, 1.54) is 37.1 Å². The second kappa shape index (κ2) is 9.50. The summed E-state index contributed by atoms with van der Waals surface area (Å²) >= 11 is 0. The molecule has 7 heteroatoms. The molecule has 0 aliphatic carbocycles. The van der Waals surface area contributed by atoms with Crippen LogP contribution in [0, 0.1) is 6.92 Å². The number of benzene rings is 1. The van der Waals surface area contributed by atoms with Crippen LogP contribution >= 0.6 is 0 Å². The van der Waals surface area contributed by atoms with Gasteiger partial charge in [0.1, 0.15) is 5.82 Å². The summed E-state index contributed by atoms with van der Waals surface area (Å²) in [6.07, 6.45) is 2.67. The Morgan fingerprint density at radius 1 is 1.07 bits per heavy atom. The minimum Gasteiger partial charge on any atom is -0.357 e. The topological polar surface area (TPSA) is 70.4 Å². The summed E-state index contributed by atoms with van der Waals surface area (Å²) < 4.78 is 1.98. The Morgan fingerprint density at radius 3 is 2.41 bits per heavy atom. The van der Waals surface area contributed by atoms with Gasteiger partial charge in [-0.25, -0.2) is 4.99 Å². The second-order valence-corrected chi connectivity index (χ2v) is 7.07. The minimum absolute atomic E-state index is 0.595. The van der Waals surface area contributed by atoms with Crippen LogP contribution in [0.15, 0.2) is 29.3 Å². The lowest BCUT2D eigenvalue weighted by Crippen LogP contribution is -2.37. The van der Waals surface area contributed by atoms with Gasteiger partial charge in [-0.2, -0.15) is 0 Å². The Balaban J connectivity index is 1.54. The Labute approximate surface area is 161 Å². The number of guanidine groups is 1. The lowest BCUT2D eigenvalue weighted by molar-refractivity contribution is 0.331. The van der Waals surface area contributed by atoms with Crippen LogP contribution in [0.4, 0.5) is 0 Å². The quantitative estimate of drug-likeness (QED) is 0.577. The molecule has 0 unspecified atom stereocenters. The van der Waals surface area contributed by atoms with Crippen molar-refractivity contribution in [2.75, 3.05) is 19.6 Å². The fourth-order valence-corrected chi connectivity index (χ4v) is 3.23. The maximum atomic E-state index is 4.69. The van der Waals surface area contributed by atoms with Crippen molar-refractivity contribution in [1.82, 2.24) is 30.3 Å². The zero-order chi connectivity index (χ0) is 19.1. The Morgan fingerprint density at radius 2 is 1.78 bits per heavy atom. The Hall–Kier alpha value is -2.41. The molecule has 3 rings (SSSR count). The van der Waals surface area contributed by atoms with Crippen molar-refractivity contribution in [3.8, 4) is 0 Å². The molecular weight excluding hydrogens is 338 g/mol. The number of rotatable bonds is 7. The summed E-state index contributed by atoms with van der Waals surface area (Å²) in [5.74, 6) is 2.59. The zero-order valence-electron chi connectivity index (χ0n) is 16.7. The molecule has 1 fully saturated rings. The number of nitrogens with zero attached hydrogens (tertiary/aromatic N) is 5. The van der Waals surface area contributed by atoms with E-state index in [4.69, 9.17) is 4.99 Å². The molecule has 2 heterocycles. The van der Waals surface area contributed by atoms with Crippen LogP contribution in [0.2, 0.25) is 0 Å². The van der Waals surface area contributed by atoms with E-state index in [1.807, 2.05) is 18.5 Å². The first kappa shape index (κ1) is 19.4. The molecule has 1 aliphatic heterocycles. The van der Waals surface area contributed by atoms with Gasteiger partial charge in [-0.15, -0.1) is 10.2 Å². The van der Waals surface area contributed by atoms with Crippen LogP contribution in [0.5, 0.6) is 0 Å². The molecule has 1 saturated heterocycles. The summed E-state index contributed by atoms with van der Waals surface area (Å²) in [7, 11) is 1.97. The highest BCUT2D eigenvalue weighted by Crippen LogP contribution is 2.13. The highest BCUT2D eigenvalue weighted by atomic mass is 15.3. The van der Waals surface area contributed by atoms with Crippen molar-refractivity contribution in [2.45, 2.75) is 46.3 Å². The molecule has 27 heavy (non-hydrogen) atoms. The molecule has 0 amide bonds. The average Bonchev–Trinajstić information content (AvgIpc) is 3.30. The first-order valence-corrected chi connectivity index (χ1v) is 9.83.